The van der Waals surface area contributed by atoms with Crippen LogP contribution < -0.4 is 4.74 Å². The zero-order chi connectivity index (χ0) is 30.8. The Morgan fingerprint density at radius 2 is 2.00 bits per heavy atom. The normalized spacial score (nSPS) is 42.8. The van der Waals surface area contributed by atoms with E-state index in [1.165, 1.54) is 6.42 Å². The summed E-state index contributed by atoms with van der Waals surface area (Å²) in [4.78, 5) is 30.5. The maximum atomic E-state index is 12.1. The Kier molecular flexibility index (Phi) is 7.77. The molecule has 44 heavy (non-hydrogen) atoms. The molecule has 0 radical (unpaired) electrons. The van der Waals surface area contributed by atoms with E-state index in [-0.39, 0.29) is 23.8 Å². The molecule has 1 aliphatic carbocycles. The molecule has 1 N–H and O–H groups in total. The van der Waals surface area contributed by atoms with Gasteiger partial charge in [0.05, 0.1) is 24.6 Å². The van der Waals surface area contributed by atoms with Crippen LogP contribution in [0.2, 0.25) is 0 Å². The lowest BCUT2D eigenvalue weighted by molar-refractivity contribution is -0.559. The van der Waals surface area contributed by atoms with Gasteiger partial charge >= 0.3 is 5.97 Å². The van der Waals surface area contributed by atoms with Crippen LogP contribution in [0, 0.1) is 35.5 Å². The van der Waals surface area contributed by atoms with Crippen LogP contribution in [-0.4, -0.2) is 64.9 Å². The number of nitrogens with zero attached hydrogens (tertiary/aromatic N) is 2. The third-order valence-electron chi connectivity index (χ3n) is 11.8. The highest BCUT2D eigenvalue weighted by atomic mass is 17.3. The number of aliphatic hydroxyl groups is 1. The number of hydrogen-bond donors (Lipinski definition) is 1. The average molecular weight is 607 g/mol. The quantitative estimate of drug-likeness (QED) is 0.272. The summed E-state index contributed by atoms with van der Waals surface area (Å²) in [5.74, 6) is 1.87. The molecule has 1 aromatic heterocycles. The van der Waals surface area contributed by atoms with Crippen LogP contribution >= 0.6 is 0 Å². The molecule has 0 amide bonds. The van der Waals surface area contributed by atoms with Crippen LogP contribution in [0.15, 0.2) is 43.1 Å². The van der Waals surface area contributed by atoms with Crippen LogP contribution in [-0.2, 0) is 24.0 Å². The molecular formula is C35H46N2O7. The largest absolute Gasteiger partial charge is 0.497 e. The number of methoxy groups -OCH3 is 1. The number of carbonyl (C=O) groups is 1. The number of rotatable bonds is 4. The van der Waals surface area contributed by atoms with Crippen LogP contribution in [0.25, 0.3) is 10.9 Å². The Labute approximate surface area is 259 Å². The van der Waals surface area contributed by atoms with Crippen molar-refractivity contribution in [1.29, 1.82) is 0 Å². The number of aromatic nitrogens is 1. The topological polar surface area (TPSA) is 99.6 Å². The first kappa shape index (κ1) is 30.1. The van der Waals surface area contributed by atoms with Gasteiger partial charge in [-0.25, -0.2) is 9.78 Å². The van der Waals surface area contributed by atoms with Crippen LogP contribution in [0.1, 0.15) is 71.0 Å². The highest BCUT2D eigenvalue weighted by Gasteiger charge is 2.70. The molecular weight excluding hydrogens is 560 g/mol. The monoisotopic (exact) mass is 606 g/mol. The van der Waals surface area contributed by atoms with E-state index in [1.54, 1.807) is 13.3 Å². The first-order chi connectivity index (χ1) is 21.2. The summed E-state index contributed by atoms with van der Waals surface area (Å²) in [5.41, 5.74) is 1.24. The molecule has 10 rings (SSSR count). The second-order valence-corrected chi connectivity index (χ2v) is 14.1. The lowest BCUT2D eigenvalue weighted by Crippen LogP contribution is -2.69. The minimum Gasteiger partial charge on any atom is -0.497 e. The number of hydrogen-bond acceptors (Lipinski definition) is 9. The number of benzene rings is 1. The van der Waals surface area contributed by atoms with Crippen molar-refractivity contribution in [2.24, 2.45) is 35.5 Å². The number of piperidine rings is 3. The molecule has 8 aliphatic rings. The molecule has 8 heterocycles. The molecule has 12 atom stereocenters. The number of pyridine rings is 1. The van der Waals surface area contributed by atoms with Crippen molar-refractivity contribution in [1.82, 2.24) is 9.88 Å². The van der Waals surface area contributed by atoms with E-state index in [0.29, 0.717) is 23.7 Å². The van der Waals surface area contributed by atoms with Crippen molar-refractivity contribution in [3.05, 3.63) is 48.7 Å². The van der Waals surface area contributed by atoms with Gasteiger partial charge in [0.25, 0.3) is 0 Å². The first-order valence-corrected chi connectivity index (χ1v) is 16.4. The first-order valence-electron chi connectivity index (χ1n) is 16.4. The van der Waals surface area contributed by atoms with E-state index < -0.39 is 23.8 Å². The van der Waals surface area contributed by atoms with Crippen molar-refractivity contribution in [3.63, 3.8) is 0 Å². The minimum absolute atomic E-state index is 0.123. The molecule has 1 spiro atoms. The zero-order valence-corrected chi connectivity index (χ0v) is 26.3. The molecule has 4 bridgehead atoms. The standard InChI is InChI=1S/C20H24N2O2.C15H22O5/c1-3-13-12-22-9-7-14(13)10-19(22)20(23)16-6-8-21-18-5-4-15(24-2)11-17(16)18;1-8-4-5-11-9(2)12(16)17-13-15(11)10(8)6-7-14(3,18-13)19-20-15/h3-6,8,11,13-14,19-20,23H,1,7,9-10,12H2,2H3;8-11,13H,4-7H2,1-3H3/t13-,14-,19-,20+;8-,9-,10+,11+,13-,14+,15-/m01/s1. The summed E-state index contributed by atoms with van der Waals surface area (Å²) < 4.78 is 16.9. The van der Waals surface area contributed by atoms with E-state index in [9.17, 15) is 9.90 Å². The predicted octanol–water partition coefficient (Wildman–Crippen LogP) is 5.57. The Morgan fingerprint density at radius 3 is 2.75 bits per heavy atom. The van der Waals surface area contributed by atoms with Gasteiger partial charge in [-0.2, -0.15) is 0 Å². The third-order valence-corrected chi connectivity index (χ3v) is 11.8. The fourth-order valence-corrected chi connectivity index (χ4v) is 9.21. The fraction of sp³-hybridized carbons (Fsp3) is 0.657. The second-order valence-electron chi connectivity index (χ2n) is 14.1. The van der Waals surface area contributed by atoms with Crippen molar-refractivity contribution in [2.45, 2.75) is 89.1 Å². The molecule has 2 aromatic rings. The Balaban J connectivity index is 0.000000144. The molecule has 1 aromatic carbocycles. The number of esters is 1. The van der Waals surface area contributed by atoms with Gasteiger partial charge < -0.3 is 19.3 Å². The third kappa shape index (κ3) is 4.78. The number of aliphatic hydroxyl groups excluding tert-OH is 1. The molecule has 238 valence electrons. The summed E-state index contributed by atoms with van der Waals surface area (Å²) in [6.07, 6.45) is 8.86. The Hall–Kier alpha value is -2.56. The molecule has 1 unspecified atom stereocenters. The molecule has 7 saturated heterocycles. The fourth-order valence-electron chi connectivity index (χ4n) is 9.21. The highest BCUT2D eigenvalue weighted by Crippen LogP contribution is 2.59. The Morgan fingerprint density at radius 1 is 1.16 bits per heavy atom. The van der Waals surface area contributed by atoms with Gasteiger partial charge in [0, 0.05) is 42.4 Å². The molecule has 9 nitrogen and oxygen atoms in total. The lowest BCUT2D eigenvalue weighted by atomic mass is 9.58. The van der Waals surface area contributed by atoms with Gasteiger partial charge in [0.1, 0.15) is 5.75 Å². The second kappa shape index (κ2) is 11.4. The SMILES string of the molecule is C=C[C@H]1CN2CC[C@H]1C[C@H]2[C@H](O)c1ccnc2ccc(OC)cc12.C[C@@H]1CC[C@H]2[C@@H](C)C(=O)O[C@@H]3O[C@]4(C)CC[C@@H]1[C@]32OO4. The van der Waals surface area contributed by atoms with Gasteiger partial charge in [0.2, 0.25) is 12.1 Å². The van der Waals surface area contributed by atoms with Gasteiger partial charge in [-0.05, 0) is 93.2 Å². The van der Waals surface area contributed by atoms with Crippen LogP contribution in [0.4, 0.5) is 0 Å². The summed E-state index contributed by atoms with van der Waals surface area (Å²) in [6, 6.07) is 7.96. The summed E-state index contributed by atoms with van der Waals surface area (Å²) in [6.45, 7) is 12.1. The predicted molar refractivity (Wildman–Crippen MR) is 163 cm³/mol. The number of carbonyl (C=O) groups excluding carboxylic acids is 1. The van der Waals surface area contributed by atoms with Gasteiger partial charge in [-0.15, -0.1) is 6.58 Å². The van der Waals surface area contributed by atoms with Gasteiger partial charge in [-0.1, -0.05) is 19.9 Å². The average Bonchev–Trinajstić information content (AvgIpc) is 3.28. The number of ether oxygens (including phenoxy) is 3. The summed E-state index contributed by atoms with van der Waals surface area (Å²) in [7, 11) is 1.66. The smallest absolute Gasteiger partial charge is 0.311 e. The summed E-state index contributed by atoms with van der Waals surface area (Å²) >= 11 is 0. The number of fused-ring (bicyclic) bond motifs is 6. The van der Waals surface area contributed by atoms with E-state index in [1.807, 2.05) is 38.1 Å². The van der Waals surface area contributed by atoms with E-state index in [4.69, 9.17) is 24.0 Å². The molecule has 9 heteroatoms. The maximum absolute atomic E-state index is 12.1. The zero-order valence-electron chi connectivity index (χ0n) is 26.3. The van der Waals surface area contributed by atoms with Crippen LogP contribution in [0.5, 0.6) is 5.75 Å². The van der Waals surface area contributed by atoms with E-state index in [2.05, 4.69) is 29.5 Å². The maximum Gasteiger partial charge on any atom is 0.311 e. The molecule has 1 saturated carbocycles. The lowest BCUT2D eigenvalue weighted by Gasteiger charge is -2.57. The van der Waals surface area contributed by atoms with Crippen LogP contribution in [0.3, 0.4) is 0 Å². The van der Waals surface area contributed by atoms with Gasteiger partial charge in [-0.3, -0.25) is 14.7 Å². The molecule has 7 aliphatic heterocycles. The van der Waals surface area contributed by atoms with E-state index >= 15 is 0 Å². The Bertz CT molecular complexity index is 1420. The van der Waals surface area contributed by atoms with Crippen molar-refractivity contribution < 1.29 is 33.9 Å². The minimum atomic E-state index is -0.793. The summed E-state index contributed by atoms with van der Waals surface area (Å²) in [5, 5.41) is 12.1. The van der Waals surface area contributed by atoms with Crippen molar-refractivity contribution in [3.8, 4) is 5.75 Å². The van der Waals surface area contributed by atoms with Gasteiger partial charge in [0.15, 0.2) is 5.60 Å². The van der Waals surface area contributed by atoms with Crippen molar-refractivity contribution in [2.75, 3.05) is 20.2 Å². The highest BCUT2D eigenvalue weighted by molar-refractivity contribution is 5.84. The molecule has 8 fully saturated rings. The van der Waals surface area contributed by atoms with Crippen molar-refractivity contribution >= 4 is 16.9 Å². The van der Waals surface area contributed by atoms with E-state index in [0.717, 1.165) is 67.4 Å².